The molecule has 68 valence electrons. The van der Waals surface area contributed by atoms with Crippen LogP contribution in [0.3, 0.4) is 0 Å². The van der Waals surface area contributed by atoms with Crippen molar-refractivity contribution in [3.8, 4) is 6.07 Å². The van der Waals surface area contributed by atoms with Gasteiger partial charge in [0.25, 0.3) is 0 Å². The van der Waals surface area contributed by atoms with E-state index in [2.05, 4.69) is 36.9 Å². The van der Waals surface area contributed by atoms with Crippen molar-refractivity contribution in [1.82, 2.24) is 0 Å². The van der Waals surface area contributed by atoms with Gasteiger partial charge in [-0.1, -0.05) is 18.2 Å². The third-order valence-corrected chi connectivity index (χ3v) is 2.10. The largest absolute Gasteiger partial charge is 0.358 e. The van der Waals surface area contributed by atoms with Crippen LogP contribution >= 0.6 is 0 Å². The fourth-order valence-corrected chi connectivity index (χ4v) is 1.37. The second-order valence-corrected chi connectivity index (χ2v) is 2.96. The molecule has 0 fully saturated rings. The van der Waals surface area contributed by atoms with E-state index in [9.17, 15) is 0 Å². The molecule has 0 unspecified atom stereocenters. The summed E-state index contributed by atoms with van der Waals surface area (Å²) in [6.45, 7) is 5.46. The highest BCUT2D eigenvalue weighted by molar-refractivity contribution is 5.53. The maximum atomic E-state index is 8.63. The molecule has 2 heteroatoms. The van der Waals surface area contributed by atoms with E-state index in [4.69, 9.17) is 5.26 Å². The molecular weight excluding hydrogens is 160 g/mol. The SMILES string of the molecule is CCN(CC#N)c1ccccc1C. The minimum absolute atomic E-state index is 0.460. The predicted octanol–water partition coefficient (Wildman–Crippen LogP) is 2.34. The molecule has 1 aromatic carbocycles. The summed E-state index contributed by atoms with van der Waals surface area (Å²) in [5.74, 6) is 0. The van der Waals surface area contributed by atoms with Gasteiger partial charge in [0, 0.05) is 12.2 Å². The Morgan fingerprint density at radius 1 is 1.38 bits per heavy atom. The van der Waals surface area contributed by atoms with E-state index in [0.717, 1.165) is 12.2 Å². The Kier molecular flexibility index (Phi) is 3.33. The molecule has 0 spiro atoms. The third-order valence-electron chi connectivity index (χ3n) is 2.10. The Bertz CT molecular complexity index is 312. The smallest absolute Gasteiger partial charge is 0.105 e. The maximum absolute atomic E-state index is 8.63. The van der Waals surface area contributed by atoms with E-state index in [-0.39, 0.29) is 0 Å². The van der Waals surface area contributed by atoms with Gasteiger partial charge in [-0.05, 0) is 25.5 Å². The molecule has 0 saturated carbocycles. The van der Waals surface area contributed by atoms with E-state index in [0.29, 0.717) is 6.54 Å². The Morgan fingerprint density at radius 2 is 2.08 bits per heavy atom. The number of hydrogen-bond acceptors (Lipinski definition) is 2. The molecule has 0 aromatic heterocycles. The minimum Gasteiger partial charge on any atom is -0.358 e. The number of anilines is 1. The Morgan fingerprint density at radius 3 is 2.62 bits per heavy atom. The molecule has 0 radical (unpaired) electrons. The van der Waals surface area contributed by atoms with Crippen LogP contribution in [-0.2, 0) is 0 Å². The first kappa shape index (κ1) is 9.60. The normalized spacial score (nSPS) is 9.31. The summed E-state index contributed by atoms with van der Waals surface area (Å²) >= 11 is 0. The van der Waals surface area contributed by atoms with Crippen LogP contribution in [0, 0.1) is 18.3 Å². The van der Waals surface area contributed by atoms with Crippen LogP contribution in [0.1, 0.15) is 12.5 Å². The molecule has 0 bridgehead atoms. The molecule has 0 aliphatic carbocycles. The summed E-state index contributed by atoms with van der Waals surface area (Å²) in [7, 11) is 0. The fourth-order valence-electron chi connectivity index (χ4n) is 1.37. The lowest BCUT2D eigenvalue weighted by atomic mass is 10.2. The summed E-state index contributed by atoms with van der Waals surface area (Å²) < 4.78 is 0. The summed E-state index contributed by atoms with van der Waals surface area (Å²) in [5, 5.41) is 8.63. The molecule has 0 saturated heterocycles. The van der Waals surface area contributed by atoms with Gasteiger partial charge in [0.05, 0.1) is 6.07 Å². The average Bonchev–Trinajstić information content (AvgIpc) is 2.16. The second kappa shape index (κ2) is 4.51. The van der Waals surface area contributed by atoms with Crippen molar-refractivity contribution < 1.29 is 0 Å². The van der Waals surface area contributed by atoms with Gasteiger partial charge in [0.2, 0.25) is 0 Å². The van der Waals surface area contributed by atoms with Crippen LogP contribution in [0.25, 0.3) is 0 Å². The van der Waals surface area contributed by atoms with E-state index < -0.39 is 0 Å². The van der Waals surface area contributed by atoms with Crippen LogP contribution in [-0.4, -0.2) is 13.1 Å². The fraction of sp³-hybridized carbons (Fsp3) is 0.364. The Labute approximate surface area is 79.4 Å². The first-order valence-corrected chi connectivity index (χ1v) is 4.47. The van der Waals surface area contributed by atoms with Crippen molar-refractivity contribution in [2.45, 2.75) is 13.8 Å². The molecule has 0 aliphatic heterocycles. The van der Waals surface area contributed by atoms with Crippen molar-refractivity contribution in [2.75, 3.05) is 18.0 Å². The number of benzene rings is 1. The van der Waals surface area contributed by atoms with Crippen molar-refractivity contribution >= 4 is 5.69 Å². The highest BCUT2D eigenvalue weighted by Gasteiger charge is 2.04. The number of hydrogen-bond donors (Lipinski definition) is 0. The lowest BCUT2D eigenvalue weighted by Gasteiger charge is -2.21. The number of nitriles is 1. The number of para-hydroxylation sites is 1. The molecule has 1 rings (SSSR count). The van der Waals surface area contributed by atoms with Crippen molar-refractivity contribution in [3.63, 3.8) is 0 Å². The monoisotopic (exact) mass is 174 g/mol. The molecule has 0 heterocycles. The zero-order valence-electron chi connectivity index (χ0n) is 8.12. The third kappa shape index (κ3) is 2.22. The lowest BCUT2D eigenvalue weighted by molar-refractivity contribution is 0.906. The van der Waals surface area contributed by atoms with E-state index in [1.165, 1.54) is 5.56 Å². The number of nitrogens with zero attached hydrogens (tertiary/aromatic N) is 2. The van der Waals surface area contributed by atoms with Gasteiger partial charge >= 0.3 is 0 Å². The molecular formula is C11H14N2. The summed E-state index contributed by atoms with van der Waals surface area (Å²) in [6, 6.07) is 10.3. The molecule has 0 atom stereocenters. The minimum atomic E-state index is 0.460. The first-order chi connectivity index (χ1) is 6.29. The molecule has 0 N–H and O–H groups in total. The standard InChI is InChI=1S/C11H14N2/c1-3-13(9-8-12)11-7-5-4-6-10(11)2/h4-7H,3,9H2,1-2H3. The average molecular weight is 174 g/mol. The van der Waals surface area contributed by atoms with Crippen LogP contribution in [0.2, 0.25) is 0 Å². The second-order valence-electron chi connectivity index (χ2n) is 2.96. The van der Waals surface area contributed by atoms with Crippen molar-refractivity contribution in [3.05, 3.63) is 29.8 Å². The highest BCUT2D eigenvalue weighted by atomic mass is 15.1. The number of aryl methyl sites for hydroxylation is 1. The van der Waals surface area contributed by atoms with Gasteiger partial charge in [0.15, 0.2) is 0 Å². The predicted molar refractivity (Wildman–Crippen MR) is 54.7 cm³/mol. The zero-order valence-corrected chi connectivity index (χ0v) is 8.12. The van der Waals surface area contributed by atoms with Gasteiger partial charge in [0.1, 0.15) is 6.54 Å². The molecule has 0 amide bonds. The quantitative estimate of drug-likeness (QED) is 0.658. The maximum Gasteiger partial charge on any atom is 0.105 e. The van der Waals surface area contributed by atoms with Crippen molar-refractivity contribution in [1.29, 1.82) is 5.26 Å². The summed E-state index contributed by atoms with van der Waals surface area (Å²) in [6.07, 6.45) is 0. The molecule has 1 aromatic rings. The van der Waals surface area contributed by atoms with E-state index in [1.54, 1.807) is 0 Å². The highest BCUT2D eigenvalue weighted by Crippen LogP contribution is 2.18. The van der Waals surface area contributed by atoms with Gasteiger partial charge in [-0.25, -0.2) is 0 Å². The van der Waals surface area contributed by atoms with Crippen LogP contribution in [0.4, 0.5) is 5.69 Å². The van der Waals surface area contributed by atoms with Gasteiger partial charge in [-0.3, -0.25) is 0 Å². The molecule has 2 nitrogen and oxygen atoms in total. The van der Waals surface area contributed by atoms with Crippen LogP contribution in [0.15, 0.2) is 24.3 Å². The van der Waals surface area contributed by atoms with E-state index in [1.807, 2.05) is 12.1 Å². The van der Waals surface area contributed by atoms with Crippen LogP contribution in [0.5, 0.6) is 0 Å². The van der Waals surface area contributed by atoms with E-state index >= 15 is 0 Å². The summed E-state index contributed by atoms with van der Waals surface area (Å²) in [5.41, 5.74) is 2.38. The number of rotatable bonds is 3. The molecule has 0 aliphatic rings. The van der Waals surface area contributed by atoms with Gasteiger partial charge in [-0.2, -0.15) is 5.26 Å². The topological polar surface area (TPSA) is 27.0 Å². The zero-order chi connectivity index (χ0) is 9.68. The van der Waals surface area contributed by atoms with Crippen molar-refractivity contribution in [2.24, 2.45) is 0 Å². The lowest BCUT2D eigenvalue weighted by Crippen LogP contribution is -2.23. The molecule has 13 heavy (non-hydrogen) atoms. The van der Waals surface area contributed by atoms with Gasteiger partial charge in [-0.15, -0.1) is 0 Å². The van der Waals surface area contributed by atoms with Crippen LogP contribution < -0.4 is 4.90 Å². The van der Waals surface area contributed by atoms with Gasteiger partial charge < -0.3 is 4.90 Å². The Hall–Kier alpha value is -1.49. The summed E-state index contributed by atoms with van der Waals surface area (Å²) in [4.78, 5) is 2.06. The Balaban J connectivity index is 2.92. The first-order valence-electron chi connectivity index (χ1n) is 4.47.